The molecule has 0 aromatic heterocycles. The van der Waals surface area contributed by atoms with Crippen molar-refractivity contribution in [3.63, 3.8) is 0 Å². The number of aliphatic hydroxyl groups excluding tert-OH is 1. The summed E-state index contributed by atoms with van der Waals surface area (Å²) in [5.74, 6) is 1.37. The van der Waals surface area contributed by atoms with Gasteiger partial charge in [0, 0.05) is 17.5 Å². The van der Waals surface area contributed by atoms with E-state index in [2.05, 4.69) is 19.1 Å². The van der Waals surface area contributed by atoms with Gasteiger partial charge in [-0.3, -0.25) is 4.84 Å². The van der Waals surface area contributed by atoms with Crippen LogP contribution in [0.1, 0.15) is 49.5 Å². The average Bonchev–Trinajstić information content (AvgIpc) is 2.85. The van der Waals surface area contributed by atoms with Crippen molar-refractivity contribution in [2.75, 3.05) is 0 Å². The molecule has 5 heteroatoms. The first-order valence-electron chi connectivity index (χ1n) is 11.1. The van der Waals surface area contributed by atoms with Crippen LogP contribution in [0.5, 0.6) is 0 Å². The topological polar surface area (TPSA) is 57.4 Å². The number of hydroxylamine groups is 2. The number of benzene rings is 3. The van der Waals surface area contributed by atoms with Crippen LogP contribution in [0.2, 0.25) is 0 Å². The highest BCUT2D eigenvalue weighted by atomic mass is 16.7. The van der Waals surface area contributed by atoms with Crippen molar-refractivity contribution in [1.82, 2.24) is 5.06 Å². The van der Waals surface area contributed by atoms with Gasteiger partial charge >= 0.3 is 0 Å². The Labute approximate surface area is 189 Å². The summed E-state index contributed by atoms with van der Waals surface area (Å²) in [7, 11) is 0. The van der Waals surface area contributed by atoms with Crippen LogP contribution in [-0.2, 0) is 4.84 Å². The van der Waals surface area contributed by atoms with Crippen molar-refractivity contribution in [3.05, 3.63) is 108 Å². The molecule has 1 aliphatic rings. The van der Waals surface area contributed by atoms with Gasteiger partial charge in [0.25, 0.3) is 0 Å². The van der Waals surface area contributed by atoms with Gasteiger partial charge < -0.3 is 5.11 Å². The van der Waals surface area contributed by atoms with Crippen LogP contribution >= 0.6 is 0 Å². The van der Waals surface area contributed by atoms with Crippen LogP contribution < -0.4 is 0 Å². The highest BCUT2D eigenvalue weighted by Crippen LogP contribution is 2.31. The van der Waals surface area contributed by atoms with Crippen LogP contribution in [0.4, 0.5) is 0 Å². The first kappa shape index (κ1) is 21.9. The molecule has 0 spiro atoms. The summed E-state index contributed by atoms with van der Waals surface area (Å²) >= 11 is 0. The van der Waals surface area contributed by atoms with Gasteiger partial charge in [-0.15, -0.1) is 0 Å². The Morgan fingerprint density at radius 3 is 2.00 bits per heavy atom. The molecule has 3 aromatic rings. The van der Waals surface area contributed by atoms with Crippen LogP contribution in [0, 0.1) is 0 Å². The Kier molecular flexibility index (Phi) is 7.10. The Balaban J connectivity index is 1.83. The first-order valence-corrected chi connectivity index (χ1v) is 11.1. The molecule has 0 saturated heterocycles. The Morgan fingerprint density at radius 1 is 0.875 bits per heavy atom. The number of aliphatic hydroxyl groups is 1. The maximum atomic E-state index is 9.98. The number of nitrogens with zero attached hydrogens (tertiary/aromatic N) is 3. The zero-order valence-corrected chi connectivity index (χ0v) is 18.5. The number of aliphatic imine (C=N–C) groups is 2. The maximum absolute atomic E-state index is 9.98. The van der Waals surface area contributed by atoms with E-state index in [-0.39, 0.29) is 6.10 Å². The van der Waals surface area contributed by atoms with E-state index in [0.29, 0.717) is 18.1 Å². The minimum atomic E-state index is -0.458. The van der Waals surface area contributed by atoms with Gasteiger partial charge in [-0.1, -0.05) is 97.9 Å². The summed E-state index contributed by atoms with van der Waals surface area (Å²) in [6.45, 7) is 3.85. The van der Waals surface area contributed by atoms with Crippen molar-refractivity contribution in [2.24, 2.45) is 9.98 Å². The van der Waals surface area contributed by atoms with E-state index < -0.39 is 12.3 Å². The molecule has 32 heavy (non-hydrogen) atoms. The minimum absolute atomic E-state index is 0.163. The molecule has 4 rings (SSSR count). The molecule has 0 amide bonds. The van der Waals surface area contributed by atoms with E-state index in [1.165, 1.54) is 0 Å². The fourth-order valence-corrected chi connectivity index (χ4v) is 3.74. The molecule has 1 N–H and O–H groups in total. The third-order valence-corrected chi connectivity index (χ3v) is 5.37. The van der Waals surface area contributed by atoms with Gasteiger partial charge in [0.1, 0.15) is 0 Å². The van der Waals surface area contributed by atoms with Crippen molar-refractivity contribution in [1.29, 1.82) is 0 Å². The number of rotatable bonds is 8. The lowest BCUT2D eigenvalue weighted by atomic mass is 10.1. The summed E-state index contributed by atoms with van der Waals surface area (Å²) in [4.78, 5) is 16.5. The van der Waals surface area contributed by atoms with E-state index in [0.717, 1.165) is 23.1 Å². The summed E-state index contributed by atoms with van der Waals surface area (Å²) < 4.78 is 0. The molecule has 0 aliphatic carbocycles. The Bertz CT molecular complexity index is 1050. The first-order chi connectivity index (χ1) is 15.7. The lowest BCUT2D eigenvalue weighted by molar-refractivity contribution is -0.178. The summed E-state index contributed by atoms with van der Waals surface area (Å²) in [6.07, 6.45) is 0.276. The van der Waals surface area contributed by atoms with Crippen molar-refractivity contribution >= 4 is 11.7 Å². The van der Waals surface area contributed by atoms with E-state index in [9.17, 15) is 5.11 Å². The Hall–Kier alpha value is -3.28. The zero-order valence-electron chi connectivity index (χ0n) is 18.5. The molecule has 3 aromatic carbocycles. The zero-order chi connectivity index (χ0) is 22.3. The van der Waals surface area contributed by atoms with Crippen molar-refractivity contribution < 1.29 is 9.94 Å². The monoisotopic (exact) mass is 427 g/mol. The lowest BCUT2D eigenvalue weighted by Crippen LogP contribution is -2.42. The largest absolute Gasteiger partial charge is 0.393 e. The third kappa shape index (κ3) is 5.13. The summed E-state index contributed by atoms with van der Waals surface area (Å²) in [6, 6.07) is 30.2. The fourth-order valence-electron chi connectivity index (χ4n) is 3.74. The van der Waals surface area contributed by atoms with Crippen LogP contribution in [0.15, 0.2) is 101 Å². The second-order valence-electron chi connectivity index (χ2n) is 7.95. The minimum Gasteiger partial charge on any atom is -0.393 e. The average molecular weight is 428 g/mol. The Morgan fingerprint density at radius 2 is 1.44 bits per heavy atom. The molecule has 0 fully saturated rings. The van der Waals surface area contributed by atoms with E-state index >= 15 is 0 Å². The van der Waals surface area contributed by atoms with Gasteiger partial charge in [-0.25, -0.2) is 15.0 Å². The molecular weight excluding hydrogens is 398 g/mol. The summed E-state index contributed by atoms with van der Waals surface area (Å²) in [5.41, 5.74) is 2.91. The molecule has 5 nitrogen and oxygen atoms in total. The van der Waals surface area contributed by atoms with Crippen LogP contribution in [-0.4, -0.2) is 34.0 Å². The van der Waals surface area contributed by atoms with Crippen molar-refractivity contribution in [2.45, 2.75) is 45.1 Å². The molecule has 1 heterocycles. The quantitative estimate of drug-likeness (QED) is 0.525. The predicted octanol–water partition coefficient (Wildman–Crippen LogP) is 5.38. The van der Waals surface area contributed by atoms with E-state index in [4.69, 9.17) is 14.8 Å². The molecular formula is C27H29N3O2. The molecule has 1 aliphatic heterocycles. The molecule has 0 bridgehead atoms. The van der Waals surface area contributed by atoms with Gasteiger partial charge in [-0.05, 0) is 18.9 Å². The highest BCUT2D eigenvalue weighted by Gasteiger charge is 2.32. The highest BCUT2D eigenvalue weighted by molar-refractivity contribution is 6.12. The van der Waals surface area contributed by atoms with E-state index in [1.54, 1.807) is 6.92 Å². The number of hydrogen-bond acceptors (Lipinski definition) is 5. The van der Waals surface area contributed by atoms with E-state index in [1.807, 2.05) is 83.9 Å². The SMILES string of the molecule is CCC(CC(C)O)ON1C(c2ccccc2)=NC(c2ccccc2)=NC1c1ccccc1. The second kappa shape index (κ2) is 10.4. The van der Waals surface area contributed by atoms with Gasteiger partial charge in [0.2, 0.25) is 0 Å². The standard InChI is InChI=1S/C27H29N3O2/c1-3-24(19-20(2)31)32-30-26(22-15-9-5-10-16-22)28-25(21-13-7-4-8-14-21)29-27(30)23-17-11-6-12-18-23/h4-18,20,24,26,31H,3,19H2,1-2H3. The lowest BCUT2D eigenvalue weighted by Gasteiger charge is -2.36. The smallest absolute Gasteiger partial charge is 0.175 e. The van der Waals surface area contributed by atoms with Crippen molar-refractivity contribution in [3.8, 4) is 0 Å². The molecule has 0 radical (unpaired) electrons. The third-order valence-electron chi connectivity index (χ3n) is 5.37. The maximum Gasteiger partial charge on any atom is 0.175 e. The van der Waals surface area contributed by atoms with Crippen LogP contribution in [0.3, 0.4) is 0 Å². The summed E-state index contributed by atoms with van der Waals surface area (Å²) in [5, 5.41) is 11.8. The van der Waals surface area contributed by atoms with Crippen LogP contribution in [0.25, 0.3) is 0 Å². The van der Waals surface area contributed by atoms with Gasteiger partial charge in [0.05, 0.1) is 12.2 Å². The van der Waals surface area contributed by atoms with Gasteiger partial charge in [-0.2, -0.15) is 0 Å². The molecule has 0 saturated carbocycles. The second-order valence-corrected chi connectivity index (χ2v) is 7.95. The number of amidine groups is 2. The number of hydrogen-bond donors (Lipinski definition) is 1. The van der Waals surface area contributed by atoms with Gasteiger partial charge in [0.15, 0.2) is 17.8 Å². The fraction of sp³-hybridized carbons (Fsp3) is 0.259. The normalized spacial score (nSPS) is 18.0. The molecule has 3 unspecified atom stereocenters. The predicted molar refractivity (Wildman–Crippen MR) is 128 cm³/mol. The molecule has 164 valence electrons. The molecule has 3 atom stereocenters.